The molecule has 1 aliphatic heterocycles. The molecular formula is C23H24FN3O3. The summed E-state index contributed by atoms with van der Waals surface area (Å²) in [5.74, 6) is 1.48. The van der Waals surface area contributed by atoms with Gasteiger partial charge in [-0.15, -0.1) is 0 Å². The van der Waals surface area contributed by atoms with E-state index in [0.717, 1.165) is 16.8 Å². The minimum Gasteiger partial charge on any atom is -0.493 e. The Bertz CT molecular complexity index is 1030. The van der Waals surface area contributed by atoms with Crippen LogP contribution in [0.3, 0.4) is 0 Å². The first-order chi connectivity index (χ1) is 14.6. The highest BCUT2D eigenvalue weighted by molar-refractivity contribution is 5.83. The van der Waals surface area contributed by atoms with Crippen molar-refractivity contribution in [1.29, 1.82) is 0 Å². The smallest absolute Gasteiger partial charge is 0.242 e. The number of piperazine rings is 1. The zero-order valence-electron chi connectivity index (χ0n) is 17.0. The molecule has 3 aromatic rings. The molecule has 1 amide bonds. The summed E-state index contributed by atoms with van der Waals surface area (Å²) in [6.45, 7) is 6.00. The number of nitrogens with zero attached hydrogens (tertiary/aromatic N) is 2. The number of aromatic nitrogens is 1. The number of aryl methyl sites for hydroxylation is 1. The Balaban J connectivity index is 1.62. The van der Waals surface area contributed by atoms with Crippen LogP contribution in [-0.4, -0.2) is 35.5 Å². The molecule has 1 saturated heterocycles. The molecule has 30 heavy (non-hydrogen) atoms. The zero-order chi connectivity index (χ0) is 21.1. The second kappa shape index (κ2) is 8.67. The van der Waals surface area contributed by atoms with Crippen molar-refractivity contribution < 1.29 is 18.3 Å². The number of nitrogens with one attached hydrogen (secondary N) is 1. The first-order valence-corrected chi connectivity index (χ1v) is 10.0. The lowest BCUT2D eigenvalue weighted by Crippen LogP contribution is -2.49. The monoisotopic (exact) mass is 409 g/mol. The molecule has 156 valence electrons. The largest absolute Gasteiger partial charge is 0.493 e. The number of rotatable bonds is 6. The van der Waals surface area contributed by atoms with Gasteiger partial charge in [-0.1, -0.05) is 24.3 Å². The Labute approximate surface area is 174 Å². The van der Waals surface area contributed by atoms with Gasteiger partial charge >= 0.3 is 0 Å². The van der Waals surface area contributed by atoms with E-state index in [-0.39, 0.29) is 11.7 Å². The molecule has 1 N–H and O–H groups in total. The van der Waals surface area contributed by atoms with E-state index in [1.54, 1.807) is 12.1 Å². The SMILES string of the molecule is CCOc1ccccc1-c1nc(CN2CCNC(=O)C2c2ccc(F)cc2)c(C)o1. The lowest BCUT2D eigenvalue weighted by molar-refractivity contribution is -0.129. The molecule has 1 fully saturated rings. The van der Waals surface area contributed by atoms with Crippen molar-refractivity contribution in [2.24, 2.45) is 0 Å². The third kappa shape index (κ3) is 4.07. The molecule has 6 nitrogen and oxygen atoms in total. The van der Waals surface area contributed by atoms with E-state index in [2.05, 4.69) is 5.32 Å². The molecule has 0 spiro atoms. The maximum atomic E-state index is 13.4. The van der Waals surface area contributed by atoms with Crippen LogP contribution in [0, 0.1) is 12.7 Å². The van der Waals surface area contributed by atoms with Gasteiger partial charge in [0, 0.05) is 19.6 Å². The van der Waals surface area contributed by atoms with Crippen LogP contribution in [0.15, 0.2) is 52.9 Å². The lowest BCUT2D eigenvalue weighted by Gasteiger charge is -2.34. The van der Waals surface area contributed by atoms with Crippen LogP contribution in [0.5, 0.6) is 5.75 Å². The number of halogens is 1. The van der Waals surface area contributed by atoms with Crippen molar-refractivity contribution in [3.05, 3.63) is 71.4 Å². The quantitative estimate of drug-likeness (QED) is 0.670. The average molecular weight is 409 g/mol. The molecule has 2 aromatic carbocycles. The number of amides is 1. The molecule has 4 rings (SSSR count). The van der Waals surface area contributed by atoms with Gasteiger partial charge in [0.1, 0.15) is 23.4 Å². The van der Waals surface area contributed by atoms with Crippen LogP contribution >= 0.6 is 0 Å². The van der Waals surface area contributed by atoms with Gasteiger partial charge in [-0.05, 0) is 43.7 Å². The van der Waals surface area contributed by atoms with Gasteiger partial charge in [-0.3, -0.25) is 9.69 Å². The highest BCUT2D eigenvalue weighted by Gasteiger charge is 2.32. The first kappa shape index (κ1) is 20.1. The fourth-order valence-electron chi connectivity index (χ4n) is 3.70. The fraction of sp³-hybridized carbons (Fsp3) is 0.304. The Morgan fingerprint density at radius 2 is 2.00 bits per heavy atom. The number of ether oxygens (including phenoxy) is 1. The molecule has 7 heteroatoms. The predicted molar refractivity (Wildman–Crippen MR) is 110 cm³/mol. The number of hydrogen-bond acceptors (Lipinski definition) is 5. The van der Waals surface area contributed by atoms with Crippen LogP contribution in [0.25, 0.3) is 11.5 Å². The minimum atomic E-state index is -0.505. The van der Waals surface area contributed by atoms with Crippen molar-refractivity contribution >= 4 is 5.91 Å². The van der Waals surface area contributed by atoms with E-state index in [1.807, 2.05) is 43.0 Å². The van der Waals surface area contributed by atoms with E-state index in [1.165, 1.54) is 12.1 Å². The van der Waals surface area contributed by atoms with Gasteiger partial charge in [0.25, 0.3) is 0 Å². The molecule has 0 radical (unpaired) electrons. The molecule has 1 aromatic heterocycles. The molecule has 2 heterocycles. The zero-order valence-corrected chi connectivity index (χ0v) is 17.0. The molecule has 1 aliphatic rings. The van der Waals surface area contributed by atoms with Gasteiger partial charge in [0.2, 0.25) is 11.8 Å². The summed E-state index contributed by atoms with van der Waals surface area (Å²) in [4.78, 5) is 19.3. The maximum absolute atomic E-state index is 13.4. The number of hydrogen-bond donors (Lipinski definition) is 1. The summed E-state index contributed by atoms with van der Waals surface area (Å²) >= 11 is 0. The molecule has 0 saturated carbocycles. The molecule has 1 atom stereocenters. The van der Waals surface area contributed by atoms with Crippen LogP contribution in [0.4, 0.5) is 4.39 Å². The second-order valence-electron chi connectivity index (χ2n) is 7.17. The Kier molecular flexibility index (Phi) is 5.81. The van der Waals surface area contributed by atoms with E-state index < -0.39 is 6.04 Å². The fourth-order valence-corrected chi connectivity index (χ4v) is 3.70. The lowest BCUT2D eigenvalue weighted by atomic mass is 10.0. The van der Waals surface area contributed by atoms with Gasteiger partial charge < -0.3 is 14.5 Å². The van der Waals surface area contributed by atoms with Crippen LogP contribution < -0.4 is 10.1 Å². The molecule has 0 bridgehead atoms. The van der Waals surface area contributed by atoms with E-state index in [0.29, 0.717) is 43.6 Å². The Morgan fingerprint density at radius 1 is 1.23 bits per heavy atom. The van der Waals surface area contributed by atoms with Gasteiger partial charge in [0.05, 0.1) is 17.9 Å². The summed E-state index contributed by atoms with van der Waals surface area (Å²) < 4.78 is 25.0. The number of para-hydroxylation sites is 1. The topological polar surface area (TPSA) is 67.6 Å². The van der Waals surface area contributed by atoms with Crippen LogP contribution in [0.1, 0.15) is 30.0 Å². The standard InChI is InChI=1S/C23H24FN3O3/c1-3-29-20-7-5-4-6-18(20)23-26-19(15(2)30-23)14-27-13-12-25-22(28)21(27)16-8-10-17(24)11-9-16/h4-11,21H,3,12-14H2,1-2H3,(H,25,28). The second-order valence-corrected chi connectivity index (χ2v) is 7.17. The van der Waals surface area contributed by atoms with Crippen LogP contribution in [0.2, 0.25) is 0 Å². The summed E-state index contributed by atoms with van der Waals surface area (Å²) in [6, 6.07) is 13.2. The summed E-state index contributed by atoms with van der Waals surface area (Å²) in [5.41, 5.74) is 2.30. The normalized spacial score (nSPS) is 17.0. The van der Waals surface area contributed by atoms with Gasteiger partial charge in [-0.2, -0.15) is 0 Å². The highest BCUT2D eigenvalue weighted by Crippen LogP contribution is 2.32. The molecule has 0 aliphatic carbocycles. The highest BCUT2D eigenvalue weighted by atomic mass is 19.1. The number of carbonyl (C=O) groups is 1. The van der Waals surface area contributed by atoms with Crippen molar-refractivity contribution in [3.63, 3.8) is 0 Å². The van der Waals surface area contributed by atoms with Crippen molar-refractivity contribution in [2.45, 2.75) is 26.4 Å². The summed E-state index contributed by atoms with van der Waals surface area (Å²) in [5, 5.41) is 2.89. The summed E-state index contributed by atoms with van der Waals surface area (Å²) in [6.07, 6.45) is 0. The summed E-state index contributed by atoms with van der Waals surface area (Å²) in [7, 11) is 0. The number of oxazole rings is 1. The molecule has 1 unspecified atom stereocenters. The van der Waals surface area contributed by atoms with Gasteiger partial charge in [0.15, 0.2) is 0 Å². The number of benzene rings is 2. The Hall–Kier alpha value is -3.19. The van der Waals surface area contributed by atoms with Gasteiger partial charge in [-0.25, -0.2) is 9.37 Å². The third-order valence-electron chi connectivity index (χ3n) is 5.16. The van der Waals surface area contributed by atoms with E-state index in [9.17, 15) is 9.18 Å². The average Bonchev–Trinajstić information content (AvgIpc) is 3.10. The minimum absolute atomic E-state index is 0.101. The van der Waals surface area contributed by atoms with Crippen molar-refractivity contribution in [1.82, 2.24) is 15.2 Å². The first-order valence-electron chi connectivity index (χ1n) is 10.0. The van der Waals surface area contributed by atoms with E-state index in [4.69, 9.17) is 14.1 Å². The third-order valence-corrected chi connectivity index (χ3v) is 5.16. The van der Waals surface area contributed by atoms with Crippen molar-refractivity contribution in [2.75, 3.05) is 19.7 Å². The number of carbonyl (C=O) groups excluding carboxylic acids is 1. The maximum Gasteiger partial charge on any atom is 0.242 e. The predicted octanol–water partition coefficient (Wildman–Crippen LogP) is 3.86. The Morgan fingerprint density at radius 3 is 2.77 bits per heavy atom. The van der Waals surface area contributed by atoms with Crippen molar-refractivity contribution in [3.8, 4) is 17.2 Å². The van der Waals surface area contributed by atoms with E-state index >= 15 is 0 Å². The van der Waals surface area contributed by atoms with Crippen LogP contribution in [-0.2, 0) is 11.3 Å². The molecular weight excluding hydrogens is 385 g/mol.